The van der Waals surface area contributed by atoms with E-state index in [4.69, 9.17) is 10.3 Å². The SMILES string of the molecule is Cc1c(-c2nc(C3(N)CCCC3)no2)nnn1-c1cccc(Br)c1.Cl. The molecule has 1 saturated carbocycles. The molecule has 2 heterocycles. The monoisotopic (exact) mass is 424 g/mol. The summed E-state index contributed by atoms with van der Waals surface area (Å²) in [5.41, 5.74) is 8.24. The molecule has 2 aromatic heterocycles. The third-order valence-corrected chi connectivity index (χ3v) is 5.01. The smallest absolute Gasteiger partial charge is 0.280 e. The molecule has 2 N–H and O–H groups in total. The van der Waals surface area contributed by atoms with Crippen LogP contribution in [0, 0.1) is 6.92 Å². The molecule has 0 saturated heterocycles. The van der Waals surface area contributed by atoms with E-state index < -0.39 is 5.54 Å². The maximum atomic E-state index is 6.39. The lowest BCUT2D eigenvalue weighted by molar-refractivity contribution is 0.372. The minimum absolute atomic E-state index is 0. The fraction of sp³-hybridized carbons (Fsp3) is 0.375. The van der Waals surface area contributed by atoms with Crippen LogP contribution in [0.2, 0.25) is 0 Å². The predicted octanol–water partition coefficient (Wildman–Crippen LogP) is 3.54. The number of benzene rings is 1. The highest BCUT2D eigenvalue weighted by Crippen LogP contribution is 2.35. The lowest BCUT2D eigenvalue weighted by Gasteiger charge is -2.17. The van der Waals surface area contributed by atoms with Crippen LogP contribution in [0.3, 0.4) is 0 Å². The zero-order chi connectivity index (χ0) is 16.7. The van der Waals surface area contributed by atoms with E-state index in [0.717, 1.165) is 41.5 Å². The topological polar surface area (TPSA) is 95.7 Å². The van der Waals surface area contributed by atoms with Crippen LogP contribution < -0.4 is 5.73 Å². The van der Waals surface area contributed by atoms with Crippen LogP contribution in [0.25, 0.3) is 17.3 Å². The summed E-state index contributed by atoms with van der Waals surface area (Å²) in [6.07, 6.45) is 3.96. The highest BCUT2D eigenvalue weighted by atomic mass is 79.9. The Morgan fingerprint density at radius 3 is 2.76 bits per heavy atom. The van der Waals surface area contributed by atoms with E-state index >= 15 is 0 Å². The average molecular weight is 426 g/mol. The predicted molar refractivity (Wildman–Crippen MR) is 98.7 cm³/mol. The first-order valence-corrected chi connectivity index (χ1v) is 8.68. The zero-order valence-corrected chi connectivity index (χ0v) is 16.0. The van der Waals surface area contributed by atoms with Gasteiger partial charge in [0.25, 0.3) is 5.89 Å². The first-order chi connectivity index (χ1) is 11.6. The Morgan fingerprint density at radius 2 is 2.04 bits per heavy atom. The maximum Gasteiger partial charge on any atom is 0.280 e. The van der Waals surface area contributed by atoms with Gasteiger partial charge in [-0.15, -0.1) is 17.5 Å². The molecule has 1 fully saturated rings. The summed E-state index contributed by atoms with van der Waals surface area (Å²) in [5, 5.41) is 12.5. The van der Waals surface area contributed by atoms with Crippen LogP contribution in [0.15, 0.2) is 33.3 Å². The third kappa shape index (κ3) is 3.21. The van der Waals surface area contributed by atoms with Gasteiger partial charge >= 0.3 is 0 Å². The number of rotatable bonds is 3. The quantitative estimate of drug-likeness (QED) is 0.689. The van der Waals surface area contributed by atoms with Crippen LogP contribution >= 0.6 is 28.3 Å². The standard InChI is InChI=1S/C16H17BrN6O.ClH/c1-10-13(20-22-23(10)12-6-4-5-11(17)9-12)14-19-15(21-24-14)16(18)7-2-3-8-16;/h4-6,9H,2-3,7-8,18H2,1H3;1H. The second kappa shape index (κ2) is 6.86. The van der Waals surface area contributed by atoms with Gasteiger partial charge in [-0.3, -0.25) is 0 Å². The summed E-state index contributed by atoms with van der Waals surface area (Å²) in [5.74, 6) is 0.923. The summed E-state index contributed by atoms with van der Waals surface area (Å²) in [4.78, 5) is 4.49. The van der Waals surface area contributed by atoms with Crippen LogP contribution in [-0.2, 0) is 5.54 Å². The fourth-order valence-electron chi connectivity index (χ4n) is 3.13. The van der Waals surface area contributed by atoms with E-state index in [1.165, 1.54) is 0 Å². The molecule has 1 aromatic carbocycles. The number of aromatic nitrogens is 5. The fourth-order valence-corrected chi connectivity index (χ4v) is 3.52. The first-order valence-electron chi connectivity index (χ1n) is 7.88. The van der Waals surface area contributed by atoms with Crippen molar-refractivity contribution in [2.75, 3.05) is 0 Å². The van der Waals surface area contributed by atoms with Gasteiger partial charge in [0, 0.05) is 4.47 Å². The van der Waals surface area contributed by atoms with Crippen molar-refractivity contribution in [2.24, 2.45) is 5.73 Å². The van der Waals surface area contributed by atoms with E-state index in [2.05, 4.69) is 36.4 Å². The molecule has 132 valence electrons. The van der Waals surface area contributed by atoms with Gasteiger partial charge < -0.3 is 10.3 Å². The molecule has 1 aliphatic rings. The van der Waals surface area contributed by atoms with Gasteiger partial charge in [-0.25, -0.2) is 4.68 Å². The van der Waals surface area contributed by atoms with Gasteiger partial charge in [0.2, 0.25) is 0 Å². The van der Waals surface area contributed by atoms with E-state index in [-0.39, 0.29) is 12.4 Å². The van der Waals surface area contributed by atoms with Gasteiger partial charge in [0.05, 0.1) is 16.9 Å². The van der Waals surface area contributed by atoms with Crippen LogP contribution in [0.1, 0.15) is 37.2 Å². The Hall–Kier alpha value is -1.77. The summed E-state index contributed by atoms with van der Waals surface area (Å²) in [6.45, 7) is 1.92. The molecule has 0 aliphatic heterocycles. The Kier molecular flexibility index (Phi) is 4.95. The third-order valence-electron chi connectivity index (χ3n) is 4.52. The Labute approximate surface area is 159 Å². The van der Waals surface area contributed by atoms with Gasteiger partial charge in [-0.2, -0.15) is 4.98 Å². The molecule has 0 amide bonds. The zero-order valence-electron chi connectivity index (χ0n) is 13.6. The summed E-state index contributed by atoms with van der Waals surface area (Å²) >= 11 is 3.47. The molecule has 0 radical (unpaired) electrons. The van der Waals surface area contributed by atoms with Crippen LogP contribution in [0.4, 0.5) is 0 Å². The molecule has 0 unspecified atom stereocenters. The Balaban J connectivity index is 0.00000182. The molecule has 4 rings (SSSR count). The normalized spacial score (nSPS) is 16.0. The molecular formula is C16H18BrClN6O. The van der Waals surface area contributed by atoms with Crippen LogP contribution in [0.5, 0.6) is 0 Å². The molecule has 0 spiro atoms. The number of hydrogen-bond acceptors (Lipinski definition) is 6. The largest absolute Gasteiger partial charge is 0.332 e. The molecule has 9 heteroatoms. The van der Waals surface area contributed by atoms with E-state index in [1.54, 1.807) is 4.68 Å². The van der Waals surface area contributed by atoms with E-state index in [9.17, 15) is 0 Å². The first kappa shape index (κ1) is 18.0. The Bertz CT molecular complexity index is 886. The van der Waals surface area contributed by atoms with Crippen molar-refractivity contribution in [1.82, 2.24) is 25.1 Å². The van der Waals surface area contributed by atoms with E-state index in [1.807, 2.05) is 31.2 Å². The number of hydrogen-bond donors (Lipinski definition) is 1. The number of nitrogens with two attached hydrogens (primary N) is 1. The highest BCUT2D eigenvalue weighted by molar-refractivity contribution is 9.10. The summed E-state index contributed by atoms with van der Waals surface area (Å²) in [7, 11) is 0. The second-order valence-corrected chi connectivity index (χ2v) is 7.12. The highest BCUT2D eigenvalue weighted by Gasteiger charge is 2.36. The van der Waals surface area contributed by atoms with Gasteiger partial charge in [0.1, 0.15) is 0 Å². The summed E-state index contributed by atoms with van der Waals surface area (Å²) < 4.78 is 8.14. The van der Waals surface area contributed by atoms with Crippen molar-refractivity contribution in [1.29, 1.82) is 0 Å². The maximum absolute atomic E-state index is 6.39. The van der Waals surface area contributed by atoms with Crippen molar-refractivity contribution in [3.8, 4) is 17.3 Å². The number of nitrogens with zero attached hydrogens (tertiary/aromatic N) is 5. The summed E-state index contributed by atoms with van der Waals surface area (Å²) in [6, 6.07) is 7.84. The lowest BCUT2D eigenvalue weighted by Crippen LogP contribution is -2.34. The van der Waals surface area contributed by atoms with Crippen molar-refractivity contribution < 1.29 is 4.52 Å². The van der Waals surface area contributed by atoms with Crippen molar-refractivity contribution in [3.63, 3.8) is 0 Å². The number of halogens is 2. The lowest BCUT2D eigenvalue weighted by atomic mass is 9.99. The van der Waals surface area contributed by atoms with Gasteiger partial charge in [-0.1, -0.05) is 45.2 Å². The van der Waals surface area contributed by atoms with Crippen molar-refractivity contribution in [3.05, 3.63) is 40.3 Å². The van der Waals surface area contributed by atoms with E-state index in [0.29, 0.717) is 17.4 Å². The van der Waals surface area contributed by atoms with Gasteiger partial charge in [0.15, 0.2) is 11.5 Å². The van der Waals surface area contributed by atoms with Crippen LogP contribution in [-0.4, -0.2) is 25.1 Å². The molecular weight excluding hydrogens is 408 g/mol. The Morgan fingerprint density at radius 1 is 1.28 bits per heavy atom. The molecule has 1 aliphatic carbocycles. The molecule has 7 nitrogen and oxygen atoms in total. The second-order valence-electron chi connectivity index (χ2n) is 6.20. The minimum Gasteiger partial charge on any atom is -0.332 e. The molecule has 0 bridgehead atoms. The van der Waals surface area contributed by atoms with Crippen molar-refractivity contribution in [2.45, 2.75) is 38.1 Å². The molecule has 25 heavy (non-hydrogen) atoms. The average Bonchev–Trinajstić information content (AvgIpc) is 3.27. The van der Waals surface area contributed by atoms with Crippen molar-refractivity contribution >= 4 is 28.3 Å². The molecule has 3 aromatic rings. The minimum atomic E-state index is -0.476. The van der Waals surface area contributed by atoms with Gasteiger partial charge in [-0.05, 0) is 38.0 Å². The molecule has 0 atom stereocenters.